The minimum absolute atomic E-state index is 0. The Morgan fingerprint density at radius 3 is 0.857 bits per heavy atom. The number of rotatable bonds is 0. The van der Waals surface area contributed by atoms with Crippen LogP contribution in [0.3, 0.4) is 0 Å². The van der Waals surface area contributed by atoms with E-state index in [-0.39, 0.29) is 43.2 Å². The van der Waals surface area contributed by atoms with Gasteiger partial charge in [0.05, 0.1) is 0 Å². The normalized spacial score (nSPS) is 0.429. The Morgan fingerprint density at radius 2 is 0.857 bits per heavy atom. The molecular weight excluding hydrogens is 126 g/mol. The van der Waals surface area contributed by atoms with Crippen molar-refractivity contribution in [3.05, 3.63) is 0 Å². The van der Waals surface area contributed by atoms with Crippen molar-refractivity contribution < 1.29 is 14.8 Å². The van der Waals surface area contributed by atoms with Gasteiger partial charge in [-0.15, -0.1) is 0 Å². The first-order chi connectivity index (χ1) is 1.00. The van der Waals surface area contributed by atoms with E-state index in [0.29, 0.717) is 0 Å². The molecule has 0 aliphatic rings. The molecule has 0 unspecified atom stereocenters. The van der Waals surface area contributed by atoms with E-state index < -0.39 is 0 Å². The summed E-state index contributed by atoms with van der Waals surface area (Å²) in [7, 11) is 0. The molecule has 5 heteroatoms. The van der Waals surface area contributed by atoms with Crippen molar-refractivity contribution in [2.75, 3.05) is 0 Å². The van der Waals surface area contributed by atoms with Gasteiger partial charge in [-0.2, -0.15) is 0 Å². The van der Waals surface area contributed by atoms with Crippen LogP contribution in [0.1, 0.15) is 14.9 Å². The Bertz CT molecular complexity index is 10.9. The predicted octanol–water partition coefficient (Wildman–Crippen LogP) is -1.26. The summed E-state index contributed by atoms with van der Waals surface area (Å²) in [6, 6.07) is 0. The first-order valence-corrected chi connectivity index (χ1v) is 0.707. The van der Waals surface area contributed by atoms with Crippen molar-refractivity contribution in [2.45, 2.75) is 14.9 Å². The molecule has 0 aromatic heterocycles. The van der Waals surface area contributed by atoms with Crippen LogP contribution in [0.2, 0.25) is 0 Å². The van der Waals surface area contributed by atoms with Gasteiger partial charge < -0.3 is 11.0 Å². The zero-order valence-electron chi connectivity index (χ0n) is 2.56. The van der Waals surface area contributed by atoms with Crippen LogP contribution >= 0.6 is 0 Å². The maximum atomic E-state index is 8.17. The molecule has 0 aliphatic carbocycles. The second kappa shape index (κ2) is 369. The maximum absolute atomic E-state index is 8.17. The molecule has 7 heavy (non-hydrogen) atoms. The molecule has 3 nitrogen and oxygen atoms in total. The van der Waals surface area contributed by atoms with Crippen molar-refractivity contribution in [3.63, 3.8) is 0 Å². The van der Waals surface area contributed by atoms with E-state index in [1.165, 1.54) is 16.2 Å². The second-order valence-electron chi connectivity index (χ2n) is 0. The van der Waals surface area contributed by atoms with Crippen LogP contribution in [0.25, 0.3) is 0 Å². The SMILES string of the molecule is C.C.O.O.[Al].[O]=[Al]. The van der Waals surface area contributed by atoms with Crippen LogP contribution < -0.4 is 0 Å². The van der Waals surface area contributed by atoms with Gasteiger partial charge in [0.1, 0.15) is 0 Å². The fraction of sp³-hybridized carbons (Fsp3) is 1.00. The van der Waals surface area contributed by atoms with Crippen molar-refractivity contribution in [2.24, 2.45) is 0 Å². The zero-order chi connectivity index (χ0) is 2.00. The second-order valence-corrected chi connectivity index (χ2v) is 0. The van der Waals surface area contributed by atoms with Crippen LogP contribution in [0.15, 0.2) is 0 Å². The molecule has 0 bridgehead atoms. The summed E-state index contributed by atoms with van der Waals surface area (Å²) >= 11 is 1.17. The molecule has 0 fully saturated rings. The topological polar surface area (TPSA) is 80.1 Å². The molecule has 0 aromatic rings. The van der Waals surface area contributed by atoms with Crippen LogP contribution in [0.4, 0.5) is 0 Å². The first-order valence-electron chi connectivity index (χ1n) is 0.236. The van der Waals surface area contributed by atoms with Crippen LogP contribution in [-0.2, 0) is 3.80 Å². The van der Waals surface area contributed by atoms with Gasteiger partial charge in [0.15, 0.2) is 0 Å². The van der Waals surface area contributed by atoms with Crippen LogP contribution in [0.5, 0.6) is 0 Å². The molecule has 0 spiro atoms. The summed E-state index contributed by atoms with van der Waals surface area (Å²) in [6.07, 6.45) is 0. The average Bonchev–Trinajstić information content (AvgIpc) is 1.00. The van der Waals surface area contributed by atoms with Gasteiger partial charge in [-0.05, 0) is 0 Å². The fourth-order valence-corrected chi connectivity index (χ4v) is 0. The van der Waals surface area contributed by atoms with Gasteiger partial charge in [-0.1, -0.05) is 14.9 Å². The van der Waals surface area contributed by atoms with Crippen LogP contribution in [-0.4, -0.2) is 44.5 Å². The monoisotopic (exact) mass is 138 g/mol. The van der Waals surface area contributed by atoms with E-state index in [2.05, 4.69) is 0 Å². The molecule has 0 heterocycles. The van der Waals surface area contributed by atoms with Gasteiger partial charge in [0.25, 0.3) is 0 Å². The van der Waals surface area contributed by atoms with Gasteiger partial charge in [0.2, 0.25) is 0 Å². The third-order valence-electron chi connectivity index (χ3n) is 0. The Labute approximate surface area is 63.5 Å². The van der Waals surface area contributed by atoms with E-state index in [1.54, 1.807) is 0 Å². The molecule has 0 atom stereocenters. The van der Waals surface area contributed by atoms with E-state index in [1.807, 2.05) is 0 Å². The fourth-order valence-electron chi connectivity index (χ4n) is 0. The molecule has 4 N–H and O–H groups in total. The molecule has 0 rings (SSSR count). The summed E-state index contributed by atoms with van der Waals surface area (Å²) in [5.74, 6) is 0. The summed E-state index contributed by atoms with van der Waals surface area (Å²) in [6.45, 7) is 0. The Hall–Kier alpha value is 0.785. The molecule has 0 saturated heterocycles. The van der Waals surface area contributed by atoms with Gasteiger partial charge >= 0.3 is 20.0 Å². The molecular formula is C2H12Al2O3. The Morgan fingerprint density at radius 1 is 0.857 bits per heavy atom. The third-order valence-corrected chi connectivity index (χ3v) is 0. The molecule has 0 aliphatic heterocycles. The van der Waals surface area contributed by atoms with Crippen molar-refractivity contribution in [1.82, 2.24) is 0 Å². The molecule has 0 saturated carbocycles. The van der Waals surface area contributed by atoms with E-state index in [9.17, 15) is 0 Å². The summed E-state index contributed by atoms with van der Waals surface area (Å²) < 4.78 is 8.17. The molecule has 0 aromatic carbocycles. The molecule has 0 amide bonds. The summed E-state index contributed by atoms with van der Waals surface area (Å²) in [4.78, 5) is 0. The summed E-state index contributed by atoms with van der Waals surface area (Å²) in [5.41, 5.74) is 0. The molecule has 4 radical (unpaired) electrons. The van der Waals surface area contributed by atoms with E-state index in [0.717, 1.165) is 0 Å². The summed E-state index contributed by atoms with van der Waals surface area (Å²) in [5, 5.41) is 0. The van der Waals surface area contributed by atoms with Crippen molar-refractivity contribution in [3.8, 4) is 0 Å². The van der Waals surface area contributed by atoms with Crippen molar-refractivity contribution >= 4 is 33.6 Å². The standard InChI is InChI=1S/2CH4.2Al.2H2O.O/h2*1H4;;;2*1H2;. The Balaban J connectivity index is -0.000000000500. The average molecular weight is 138 g/mol. The van der Waals surface area contributed by atoms with Crippen LogP contribution in [0, 0.1) is 0 Å². The van der Waals surface area contributed by atoms with E-state index in [4.69, 9.17) is 3.80 Å². The predicted molar refractivity (Wildman–Crippen MR) is 32.9 cm³/mol. The minimum atomic E-state index is 0. The van der Waals surface area contributed by atoms with Gasteiger partial charge in [-0.25, -0.2) is 0 Å². The number of hydrogen-bond acceptors (Lipinski definition) is 1. The van der Waals surface area contributed by atoms with Gasteiger partial charge in [-0.3, -0.25) is 0 Å². The molecule has 44 valence electrons. The third kappa shape index (κ3) is 252. The van der Waals surface area contributed by atoms with Crippen molar-refractivity contribution in [1.29, 1.82) is 0 Å². The first kappa shape index (κ1) is 112. The van der Waals surface area contributed by atoms with E-state index >= 15 is 0 Å². The Kier molecular flexibility index (Phi) is 5920. The quantitative estimate of drug-likeness (QED) is 0.385. The number of hydrogen-bond donors (Lipinski definition) is 0. The zero-order valence-corrected chi connectivity index (χ0v) is 4.87. The van der Waals surface area contributed by atoms with Gasteiger partial charge in [0, 0.05) is 17.4 Å².